The maximum atomic E-state index is 12.2. The normalized spacial score (nSPS) is 21.0. The number of ether oxygens (including phenoxy) is 1. The average molecular weight is 362 g/mol. The molecule has 6 nitrogen and oxygen atoms in total. The smallest absolute Gasteiger partial charge is 0.330 e. The van der Waals surface area contributed by atoms with Gasteiger partial charge in [-0.25, -0.2) is 13.2 Å². The van der Waals surface area contributed by atoms with Crippen molar-refractivity contribution in [3.8, 4) is 0 Å². The van der Waals surface area contributed by atoms with E-state index < -0.39 is 32.1 Å². The van der Waals surface area contributed by atoms with Crippen molar-refractivity contribution >= 4 is 21.6 Å². The van der Waals surface area contributed by atoms with E-state index in [2.05, 4.69) is 4.74 Å². The van der Waals surface area contributed by atoms with E-state index in [1.165, 1.54) is 37.5 Å². The summed E-state index contributed by atoms with van der Waals surface area (Å²) in [5.74, 6) is -1.07. The van der Waals surface area contributed by atoms with Crippen LogP contribution in [0.3, 0.4) is 0 Å². The van der Waals surface area contributed by atoms with Gasteiger partial charge < -0.3 is 9.84 Å². The number of sulfone groups is 1. The van der Waals surface area contributed by atoms with Gasteiger partial charge in [-0.2, -0.15) is 0 Å². The van der Waals surface area contributed by atoms with Crippen molar-refractivity contribution in [3.05, 3.63) is 70.2 Å². The molecule has 0 amide bonds. The van der Waals surface area contributed by atoms with Crippen molar-refractivity contribution in [1.29, 1.82) is 0 Å². The molecule has 2 rings (SSSR count). The molecule has 0 aliphatic heterocycles. The molecule has 132 valence electrons. The number of fused-ring (bicyclic) bond motifs is 1. The molecule has 1 N–H and O–H groups in total. The van der Waals surface area contributed by atoms with Gasteiger partial charge in [-0.05, 0) is 18.6 Å². The van der Waals surface area contributed by atoms with Gasteiger partial charge in [-0.3, -0.25) is 4.79 Å². The highest BCUT2D eigenvalue weighted by atomic mass is 32.2. The van der Waals surface area contributed by atoms with Crippen LogP contribution in [0.1, 0.15) is 22.8 Å². The van der Waals surface area contributed by atoms with Crippen LogP contribution in [0.4, 0.5) is 0 Å². The zero-order valence-corrected chi connectivity index (χ0v) is 14.8. The topological polar surface area (TPSA) is 97.7 Å². The minimum absolute atomic E-state index is 0.171. The van der Waals surface area contributed by atoms with Gasteiger partial charge in [0, 0.05) is 29.5 Å². The molecule has 7 heteroatoms. The van der Waals surface area contributed by atoms with E-state index in [4.69, 9.17) is 0 Å². The minimum Gasteiger partial charge on any atom is -0.466 e. The monoisotopic (exact) mass is 362 g/mol. The van der Waals surface area contributed by atoms with Crippen LogP contribution >= 0.6 is 0 Å². The summed E-state index contributed by atoms with van der Waals surface area (Å²) in [5.41, 5.74) is -1.17. The van der Waals surface area contributed by atoms with Gasteiger partial charge in [0.25, 0.3) is 0 Å². The first-order valence-corrected chi connectivity index (χ1v) is 9.22. The van der Waals surface area contributed by atoms with Crippen LogP contribution in [0.2, 0.25) is 0 Å². The number of methoxy groups -OCH3 is 1. The largest absolute Gasteiger partial charge is 0.466 e. The molecule has 1 atom stereocenters. The van der Waals surface area contributed by atoms with Crippen molar-refractivity contribution in [3.63, 3.8) is 0 Å². The quantitative estimate of drug-likeness (QED) is 0.497. The summed E-state index contributed by atoms with van der Waals surface area (Å²) < 4.78 is 28.8. The first-order chi connectivity index (χ1) is 11.6. The highest BCUT2D eigenvalue weighted by Gasteiger charge is 2.42. The second-order valence-corrected chi connectivity index (χ2v) is 7.69. The summed E-state index contributed by atoms with van der Waals surface area (Å²) in [6.07, 6.45) is 5.71. The molecule has 1 aromatic carbocycles. The van der Waals surface area contributed by atoms with Gasteiger partial charge in [0.1, 0.15) is 5.60 Å². The van der Waals surface area contributed by atoms with Gasteiger partial charge in [0.05, 0.1) is 12.0 Å². The fraction of sp³-hybridized carbons (Fsp3) is 0.222. The summed E-state index contributed by atoms with van der Waals surface area (Å²) in [6, 6.07) is 6.24. The zero-order chi connectivity index (χ0) is 18.8. The molecule has 25 heavy (non-hydrogen) atoms. The third kappa shape index (κ3) is 3.78. The molecular weight excluding hydrogens is 344 g/mol. The van der Waals surface area contributed by atoms with Crippen LogP contribution in [-0.4, -0.2) is 38.6 Å². The van der Waals surface area contributed by atoms with E-state index in [0.29, 0.717) is 5.57 Å². The number of carbonyl (C=O) groups excluding carboxylic acids is 2. The van der Waals surface area contributed by atoms with Crippen LogP contribution in [0.5, 0.6) is 0 Å². The number of benzene rings is 1. The Morgan fingerprint density at radius 1 is 1.28 bits per heavy atom. The van der Waals surface area contributed by atoms with Crippen LogP contribution in [0.25, 0.3) is 0 Å². The van der Waals surface area contributed by atoms with Gasteiger partial charge in [-0.15, -0.1) is 0 Å². The summed E-state index contributed by atoms with van der Waals surface area (Å²) in [5, 5.41) is 11.1. The standard InChI is InChI=1S/C18H18O6S/c1-12(10-17(20)24-2)8-9-18(21)14-7-5-4-6-13(14)15(19)11-16(18)25(3,22)23/h4-11,21H,1-3H3/b9-8+,12-10+. The molecule has 0 radical (unpaired) electrons. The van der Waals surface area contributed by atoms with E-state index in [0.717, 1.165) is 12.3 Å². The summed E-state index contributed by atoms with van der Waals surface area (Å²) in [4.78, 5) is 23.1. The van der Waals surface area contributed by atoms with E-state index in [9.17, 15) is 23.1 Å². The molecule has 1 aliphatic rings. The van der Waals surface area contributed by atoms with Crippen molar-refractivity contribution in [2.24, 2.45) is 0 Å². The first-order valence-electron chi connectivity index (χ1n) is 7.33. The maximum Gasteiger partial charge on any atom is 0.330 e. The number of carbonyl (C=O) groups is 2. The second kappa shape index (κ2) is 6.78. The average Bonchev–Trinajstić information content (AvgIpc) is 2.55. The Morgan fingerprint density at radius 2 is 1.92 bits per heavy atom. The Bertz CT molecular complexity index is 921. The van der Waals surface area contributed by atoms with Crippen LogP contribution in [-0.2, 0) is 25.0 Å². The molecule has 0 saturated heterocycles. The Kier molecular flexibility index (Phi) is 5.10. The summed E-state index contributed by atoms with van der Waals surface area (Å²) in [7, 11) is -2.62. The lowest BCUT2D eigenvalue weighted by molar-refractivity contribution is -0.134. The Hall–Kier alpha value is -2.51. The van der Waals surface area contributed by atoms with Crippen molar-refractivity contribution in [2.45, 2.75) is 12.5 Å². The molecule has 0 spiro atoms. The number of hydrogen-bond acceptors (Lipinski definition) is 6. The fourth-order valence-electron chi connectivity index (χ4n) is 2.58. The molecule has 0 bridgehead atoms. The molecular formula is C18H18O6S. The van der Waals surface area contributed by atoms with Gasteiger partial charge in [0.2, 0.25) is 0 Å². The Labute approximate surface area is 146 Å². The Balaban J connectivity index is 2.64. The minimum atomic E-state index is -3.86. The number of aliphatic hydroxyl groups is 1. The molecule has 0 aromatic heterocycles. The fourth-order valence-corrected chi connectivity index (χ4v) is 3.64. The van der Waals surface area contributed by atoms with Crippen LogP contribution < -0.4 is 0 Å². The third-order valence-corrected chi connectivity index (χ3v) is 5.00. The van der Waals surface area contributed by atoms with E-state index in [-0.39, 0.29) is 11.1 Å². The highest BCUT2D eigenvalue weighted by Crippen LogP contribution is 2.40. The van der Waals surface area contributed by atoms with E-state index >= 15 is 0 Å². The third-order valence-electron chi connectivity index (χ3n) is 3.77. The molecule has 1 aromatic rings. The number of ketones is 1. The molecule has 0 heterocycles. The van der Waals surface area contributed by atoms with Crippen molar-refractivity contribution < 1.29 is 27.9 Å². The zero-order valence-electron chi connectivity index (χ0n) is 14.0. The highest BCUT2D eigenvalue weighted by molar-refractivity contribution is 7.94. The predicted molar refractivity (Wildman–Crippen MR) is 92.5 cm³/mol. The first kappa shape index (κ1) is 18.8. The van der Waals surface area contributed by atoms with Crippen molar-refractivity contribution in [1.82, 2.24) is 0 Å². The number of esters is 1. The number of hydrogen-bond donors (Lipinski definition) is 1. The lowest BCUT2D eigenvalue weighted by Gasteiger charge is -2.31. The van der Waals surface area contributed by atoms with E-state index in [1.54, 1.807) is 19.1 Å². The van der Waals surface area contributed by atoms with E-state index in [1.807, 2.05) is 0 Å². The molecule has 0 saturated carbocycles. The van der Waals surface area contributed by atoms with Gasteiger partial charge in [-0.1, -0.05) is 30.3 Å². The van der Waals surface area contributed by atoms with Gasteiger partial charge in [0.15, 0.2) is 15.6 Å². The maximum absolute atomic E-state index is 12.2. The Morgan fingerprint density at radius 3 is 2.52 bits per heavy atom. The molecule has 1 unspecified atom stereocenters. The SMILES string of the molecule is COC(=O)/C=C(C)/C=C/C1(O)C(S(C)(=O)=O)=CC(=O)c2ccccc21. The van der Waals surface area contributed by atoms with Crippen molar-refractivity contribution in [2.75, 3.05) is 13.4 Å². The number of rotatable bonds is 4. The van der Waals surface area contributed by atoms with Gasteiger partial charge >= 0.3 is 5.97 Å². The number of allylic oxidation sites excluding steroid dienone is 3. The lowest BCUT2D eigenvalue weighted by Crippen LogP contribution is -2.35. The molecule has 0 fully saturated rings. The molecule has 1 aliphatic carbocycles. The summed E-state index contributed by atoms with van der Waals surface area (Å²) in [6.45, 7) is 1.60. The second-order valence-electron chi connectivity index (χ2n) is 5.70. The summed E-state index contributed by atoms with van der Waals surface area (Å²) >= 11 is 0. The van der Waals surface area contributed by atoms with Crippen LogP contribution in [0, 0.1) is 0 Å². The predicted octanol–water partition coefficient (Wildman–Crippen LogP) is 1.67. The van der Waals surface area contributed by atoms with Crippen LogP contribution in [0.15, 0.2) is 59.0 Å². The lowest BCUT2D eigenvalue weighted by atomic mass is 9.82.